The van der Waals surface area contributed by atoms with Crippen LogP contribution in [0.15, 0.2) is 37.1 Å². The van der Waals surface area contributed by atoms with Gasteiger partial charge in [-0.05, 0) is 37.0 Å². The zero-order chi connectivity index (χ0) is 39.4. The summed E-state index contributed by atoms with van der Waals surface area (Å²) in [5.41, 5.74) is 12.3. The second-order valence-electron chi connectivity index (χ2n) is 14.4. The molecule has 55 heavy (non-hydrogen) atoms. The van der Waals surface area contributed by atoms with E-state index in [1.54, 1.807) is 9.47 Å². The van der Waals surface area contributed by atoms with Gasteiger partial charge in [-0.15, -0.1) is 0 Å². The van der Waals surface area contributed by atoms with E-state index < -0.39 is 41.6 Å². The van der Waals surface area contributed by atoms with E-state index in [2.05, 4.69) is 26.9 Å². The van der Waals surface area contributed by atoms with Gasteiger partial charge in [-0.1, -0.05) is 77.6 Å². The summed E-state index contributed by atoms with van der Waals surface area (Å²) in [5.74, 6) is -2.39. The van der Waals surface area contributed by atoms with Crippen molar-refractivity contribution in [3.8, 4) is 17.0 Å². The summed E-state index contributed by atoms with van der Waals surface area (Å²) >= 11 is 0. The van der Waals surface area contributed by atoms with Gasteiger partial charge >= 0.3 is 6.16 Å². The fourth-order valence-corrected chi connectivity index (χ4v) is 7.08. The maximum Gasteiger partial charge on any atom is 0.513 e. The Balaban J connectivity index is 1.24. The molecule has 2 atom stereocenters. The number of carbonyl (C=O) groups is 1. The van der Waals surface area contributed by atoms with Gasteiger partial charge in [0.1, 0.15) is 23.8 Å². The van der Waals surface area contributed by atoms with E-state index in [4.69, 9.17) is 20.9 Å². The molecule has 3 aromatic heterocycles. The molecular weight excluding hydrogens is 720 g/mol. The van der Waals surface area contributed by atoms with Crippen LogP contribution in [-0.4, -0.2) is 73.5 Å². The molecule has 0 aliphatic carbocycles. The number of piperidine rings is 1. The topological polar surface area (TPSA) is 168 Å². The number of nitrogens with two attached hydrogens (primary N) is 2. The van der Waals surface area contributed by atoms with Crippen LogP contribution in [0.3, 0.4) is 0 Å². The average Bonchev–Trinajstić information content (AvgIpc) is 3.58. The Labute approximate surface area is 318 Å². The maximum atomic E-state index is 15.6. The second kappa shape index (κ2) is 19.8. The third-order valence-corrected chi connectivity index (χ3v) is 10.2. The number of nitrogens with zero attached hydrogens (tertiary/aromatic N) is 6. The maximum absolute atomic E-state index is 15.6. The van der Waals surface area contributed by atoms with Crippen molar-refractivity contribution in [1.29, 1.82) is 0 Å². The number of fused-ring (bicyclic) bond motifs is 1. The lowest BCUT2D eigenvalue weighted by molar-refractivity contribution is -0.0529. The molecule has 16 heteroatoms. The molecule has 1 saturated heterocycles. The number of halogens is 4. The lowest BCUT2D eigenvalue weighted by Gasteiger charge is -2.44. The summed E-state index contributed by atoms with van der Waals surface area (Å²) in [7, 11) is 0. The van der Waals surface area contributed by atoms with Crippen LogP contribution in [0.4, 0.5) is 33.9 Å². The quantitative estimate of drug-likeness (QED) is 0.0345. The third kappa shape index (κ3) is 11.0. The molecule has 4 heterocycles. The number of rotatable bonds is 20. The number of imidazole rings is 1. The lowest BCUT2D eigenvalue weighted by atomic mass is 9.84. The minimum atomic E-state index is -3.04. The fraction of sp³-hybridized carbons (Fsp3) is 0.564. The van der Waals surface area contributed by atoms with Gasteiger partial charge in [-0.2, -0.15) is 0 Å². The van der Waals surface area contributed by atoms with E-state index in [-0.39, 0.29) is 43.2 Å². The standard InChI is InChI=1S/C39H52F4N8O4/c1-2-3-4-5-6-7-8-9-10-11-12-13-17-54-38(53)55-32-20-28(40)27(19-29(32)41)30-18-26(22-51-25-49-33-36(44)47-24-48-37(33)51)31(21-46-30)50-16-14-15-39(45,23-50)34(52)35(42)43/h18-21,24-25,34-35,52H,2-17,22-23,45H2,1H3,(H2,44,47,48)/t34-,39+/m0/s1. The molecule has 1 aromatic carbocycles. The molecule has 4 aromatic rings. The third-order valence-electron chi connectivity index (χ3n) is 10.2. The molecule has 5 N–H and O–H groups in total. The minimum Gasteiger partial charge on any atom is -0.434 e. The first-order valence-electron chi connectivity index (χ1n) is 19.2. The number of carbonyl (C=O) groups excluding carboxylic acids is 1. The molecule has 12 nitrogen and oxygen atoms in total. The number of alkyl halides is 2. The minimum absolute atomic E-state index is 0.0402. The number of hydrogen-bond acceptors (Lipinski definition) is 11. The average molecular weight is 773 g/mol. The summed E-state index contributed by atoms with van der Waals surface area (Å²) in [6.07, 6.45) is 12.4. The second-order valence-corrected chi connectivity index (χ2v) is 14.4. The van der Waals surface area contributed by atoms with Gasteiger partial charge in [0, 0.05) is 24.7 Å². The first-order valence-corrected chi connectivity index (χ1v) is 19.2. The molecule has 0 radical (unpaired) electrons. The zero-order valence-corrected chi connectivity index (χ0v) is 31.4. The van der Waals surface area contributed by atoms with Crippen molar-refractivity contribution in [2.24, 2.45) is 5.73 Å². The van der Waals surface area contributed by atoms with Crippen molar-refractivity contribution in [3.05, 3.63) is 54.2 Å². The number of hydrogen-bond donors (Lipinski definition) is 3. The highest BCUT2D eigenvalue weighted by Gasteiger charge is 2.43. The molecular formula is C39H52F4N8O4. The molecule has 0 amide bonds. The Morgan fingerprint density at radius 1 is 0.945 bits per heavy atom. The Bertz CT molecular complexity index is 1860. The van der Waals surface area contributed by atoms with Gasteiger partial charge in [0.05, 0.1) is 42.6 Å². The molecule has 1 fully saturated rings. The normalized spacial score (nSPS) is 16.5. The predicted octanol–water partition coefficient (Wildman–Crippen LogP) is 7.94. The van der Waals surface area contributed by atoms with Gasteiger partial charge in [0.2, 0.25) is 0 Å². The number of aliphatic hydroxyl groups is 1. The molecule has 300 valence electrons. The largest absolute Gasteiger partial charge is 0.513 e. The van der Waals surface area contributed by atoms with Crippen molar-refractivity contribution in [2.45, 2.75) is 121 Å². The highest BCUT2D eigenvalue weighted by atomic mass is 19.3. The highest BCUT2D eigenvalue weighted by Crippen LogP contribution is 2.35. The fourth-order valence-electron chi connectivity index (χ4n) is 7.08. The molecule has 1 aliphatic heterocycles. The van der Waals surface area contributed by atoms with Gasteiger partial charge in [-0.25, -0.2) is 37.3 Å². The Hall–Kier alpha value is -4.57. The van der Waals surface area contributed by atoms with Crippen LogP contribution >= 0.6 is 0 Å². The molecule has 0 spiro atoms. The molecule has 0 saturated carbocycles. The van der Waals surface area contributed by atoms with Gasteiger partial charge in [-0.3, -0.25) is 4.98 Å². The molecule has 5 rings (SSSR count). The number of nitrogen functional groups attached to an aromatic ring is 1. The van der Waals surface area contributed by atoms with E-state index in [1.807, 2.05) is 0 Å². The number of aromatic nitrogens is 5. The van der Waals surface area contributed by atoms with Crippen molar-refractivity contribution >= 4 is 28.8 Å². The summed E-state index contributed by atoms with van der Waals surface area (Å²) < 4.78 is 69.9. The first-order chi connectivity index (χ1) is 26.5. The van der Waals surface area contributed by atoms with Crippen molar-refractivity contribution in [1.82, 2.24) is 24.5 Å². The van der Waals surface area contributed by atoms with E-state index >= 15 is 8.78 Å². The number of ether oxygens (including phenoxy) is 2. The zero-order valence-electron chi connectivity index (χ0n) is 31.4. The number of benzene rings is 1. The van der Waals surface area contributed by atoms with Crippen molar-refractivity contribution in [3.63, 3.8) is 0 Å². The number of unbranched alkanes of at least 4 members (excludes halogenated alkanes) is 11. The van der Waals surface area contributed by atoms with Crippen molar-refractivity contribution < 1.29 is 36.9 Å². The van der Waals surface area contributed by atoms with Gasteiger partial charge in [0.25, 0.3) is 6.43 Å². The highest BCUT2D eigenvalue weighted by molar-refractivity contribution is 5.81. The molecule has 0 unspecified atom stereocenters. The Morgan fingerprint density at radius 2 is 1.64 bits per heavy atom. The lowest BCUT2D eigenvalue weighted by Crippen LogP contribution is -2.63. The predicted molar refractivity (Wildman–Crippen MR) is 202 cm³/mol. The number of anilines is 2. The molecule has 0 bridgehead atoms. The first kappa shape index (κ1) is 41.6. The van der Waals surface area contributed by atoms with E-state index in [0.717, 1.165) is 31.4 Å². The van der Waals surface area contributed by atoms with Crippen LogP contribution in [0.1, 0.15) is 102 Å². The van der Waals surface area contributed by atoms with Crippen LogP contribution < -0.4 is 21.1 Å². The van der Waals surface area contributed by atoms with Crippen LogP contribution in [0, 0.1) is 11.6 Å². The summed E-state index contributed by atoms with van der Waals surface area (Å²) in [6, 6.07) is 3.16. The van der Waals surface area contributed by atoms with Crippen molar-refractivity contribution in [2.75, 3.05) is 30.3 Å². The molecule has 1 aliphatic rings. The van der Waals surface area contributed by atoms with E-state index in [0.29, 0.717) is 41.8 Å². The SMILES string of the molecule is CCCCCCCCCCCCCCOC(=O)Oc1cc(F)c(-c2cc(Cn3cnc4c(N)ncnc43)c(N3CCC[C@](N)([C@@H](O)C(F)F)C3)cn2)cc1F. The van der Waals surface area contributed by atoms with Crippen LogP contribution in [0.2, 0.25) is 0 Å². The number of pyridine rings is 1. The number of aliphatic hydroxyl groups excluding tert-OH is 1. The Kier molecular flexibility index (Phi) is 15.0. The summed E-state index contributed by atoms with van der Waals surface area (Å²) in [5, 5.41) is 10.3. The monoisotopic (exact) mass is 772 g/mol. The Morgan fingerprint density at radius 3 is 2.33 bits per heavy atom. The van der Waals surface area contributed by atoms with E-state index in [9.17, 15) is 18.7 Å². The summed E-state index contributed by atoms with van der Waals surface area (Å²) in [6.45, 7) is 2.70. The van der Waals surface area contributed by atoms with Crippen LogP contribution in [-0.2, 0) is 11.3 Å². The van der Waals surface area contributed by atoms with Crippen LogP contribution in [0.25, 0.3) is 22.4 Å². The van der Waals surface area contributed by atoms with Gasteiger partial charge in [0.15, 0.2) is 23.0 Å². The van der Waals surface area contributed by atoms with E-state index in [1.165, 1.54) is 76.3 Å². The smallest absolute Gasteiger partial charge is 0.434 e. The summed E-state index contributed by atoms with van der Waals surface area (Å²) in [4.78, 5) is 31.0. The van der Waals surface area contributed by atoms with Crippen LogP contribution in [0.5, 0.6) is 5.75 Å². The van der Waals surface area contributed by atoms with Gasteiger partial charge < -0.3 is 35.5 Å².